The molecule has 3 nitrogen and oxygen atoms in total. The summed E-state index contributed by atoms with van der Waals surface area (Å²) in [5, 5.41) is 5.77. The van der Waals surface area contributed by atoms with Crippen molar-refractivity contribution >= 4 is 29.0 Å². The van der Waals surface area contributed by atoms with Gasteiger partial charge in [-0.2, -0.15) is 0 Å². The third-order valence-electron chi connectivity index (χ3n) is 3.66. The fourth-order valence-electron chi connectivity index (χ4n) is 2.38. The van der Waals surface area contributed by atoms with E-state index in [-0.39, 0.29) is 11.7 Å². The zero-order chi connectivity index (χ0) is 17.6. The van der Waals surface area contributed by atoms with Crippen LogP contribution < -0.4 is 5.32 Å². The molecule has 3 aromatic rings. The highest BCUT2D eigenvalue weighted by Crippen LogP contribution is 2.24. The van der Waals surface area contributed by atoms with E-state index >= 15 is 0 Å². The fraction of sp³-hybridized carbons (Fsp3) is 0.158. The molecular formula is C19H17FN2OS2. The first-order chi connectivity index (χ1) is 12.2. The average molecular weight is 372 g/mol. The molecule has 2 aromatic carbocycles. The fourth-order valence-corrected chi connectivity index (χ4v) is 3.83. The van der Waals surface area contributed by atoms with Gasteiger partial charge in [0.2, 0.25) is 0 Å². The van der Waals surface area contributed by atoms with Gasteiger partial charge in [0.1, 0.15) is 10.8 Å². The largest absolute Gasteiger partial charge is 0.352 e. The summed E-state index contributed by atoms with van der Waals surface area (Å²) in [4.78, 5) is 17.8. The van der Waals surface area contributed by atoms with Gasteiger partial charge >= 0.3 is 0 Å². The van der Waals surface area contributed by atoms with E-state index in [0.29, 0.717) is 18.5 Å². The van der Waals surface area contributed by atoms with Crippen molar-refractivity contribution in [2.24, 2.45) is 0 Å². The number of rotatable bonds is 6. The van der Waals surface area contributed by atoms with E-state index in [1.807, 2.05) is 35.9 Å². The molecule has 0 aliphatic heterocycles. The highest BCUT2D eigenvalue weighted by Gasteiger charge is 2.10. The first kappa shape index (κ1) is 17.6. The molecule has 128 valence electrons. The number of hydrogen-bond acceptors (Lipinski definition) is 4. The number of thioether (sulfide) groups is 1. The molecule has 3 rings (SSSR count). The lowest BCUT2D eigenvalue weighted by Crippen LogP contribution is -2.26. The summed E-state index contributed by atoms with van der Waals surface area (Å²) in [5.74, 6) is -0.326. The van der Waals surface area contributed by atoms with E-state index in [0.717, 1.165) is 21.2 Å². The molecule has 0 spiro atoms. The molecule has 1 heterocycles. The third-order valence-corrected chi connectivity index (χ3v) is 5.40. The minimum atomic E-state index is -0.256. The van der Waals surface area contributed by atoms with Crippen molar-refractivity contribution in [2.45, 2.75) is 11.3 Å². The first-order valence-corrected chi connectivity index (χ1v) is 9.89. The van der Waals surface area contributed by atoms with Crippen molar-refractivity contribution in [3.8, 4) is 10.6 Å². The van der Waals surface area contributed by atoms with E-state index in [9.17, 15) is 9.18 Å². The summed E-state index contributed by atoms with van der Waals surface area (Å²) in [7, 11) is 0. The zero-order valence-corrected chi connectivity index (χ0v) is 15.3. The maximum Gasteiger partial charge on any atom is 0.252 e. The van der Waals surface area contributed by atoms with Gasteiger partial charge in [-0.1, -0.05) is 12.1 Å². The zero-order valence-electron chi connectivity index (χ0n) is 13.7. The second-order valence-electron chi connectivity index (χ2n) is 5.36. The van der Waals surface area contributed by atoms with E-state index in [1.165, 1.54) is 23.5 Å². The van der Waals surface area contributed by atoms with Crippen LogP contribution in [0.5, 0.6) is 0 Å². The quantitative estimate of drug-likeness (QED) is 0.641. The Hall–Kier alpha value is -2.18. The van der Waals surface area contributed by atoms with Crippen molar-refractivity contribution in [1.82, 2.24) is 10.3 Å². The van der Waals surface area contributed by atoms with Crippen molar-refractivity contribution in [3.05, 3.63) is 71.0 Å². The van der Waals surface area contributed by atoms with Gasteiger partial charge in [0.05, 0.1) is 11.3 Å². The lowest BCUT2D eigenvalue weighted by Gasteiger charge is -2.07. The number of hydrogen-bond donors (Lipinski definition) is 1. The second kappa shape index (κ2) is 8.27. The van der Waals surface area contributed by atoms with Crippen LogP contribution in [0.2, 0.25) is 0 Å². The van der Waals surface area contributed by atoms with Gasteiger partial charge in [0.15, 0.2) is 0 Å². The Morgan fingerprint density at radius 3 is 2.72 bits per heavy atom. The van der Waals surface area contributed by atoms with Gasteiger partial charge in [-0.25, -0.2) is 9.37 Å². The SMILES string of the molecule is CSc1ccccc1C(=O)NCCc1csc(-c2ccc(F)cc2)n1. The van der Waals surface area contributed by atoms with Crippen LogP contribution in [0.25, 0.3) is 10.6 Å². The van der Waals surface area contributed by atoms with Gasteiger partial charge in [-0.05, 0) is 42.7 Å². The molecule has 6 heteroatoms. The number of nitrogens with zero attached hydrogens (tertiary/aromatic N) is 1. The van der Waals surface area contributed by atoms with Crippen LogP contribution in [0.15, 0.2) is 58.8 Å². The van der Waals surface area contributed by atoms with Gasteiger partial charge in [0, 0.05) is 28.8 Å². The van der Waals surface area contributed by atoms with E-state index in [1.54, 1.807) is 23.9 Å². The van der Waals surface area contributed by atoms with Crippen LogP contribution in [-0.2, 0) is 6.42 Å². The average Bonchev–Trinajstić information content (AvgIpc) is 3.11. The maximum absolute atomic E-state index is 13.0. The van der Waals surface area contributed by atoms with Crippen LogP contribution in [-0.4, -0.2) is 23.7 Å². The minimum Gasteiger partial charge on any atom is -0.352 e. The van der Waals surface area contributed by atoms with E-state index in [2.05, 4.69) is 10.3 Å². The van der Waals surface area contributed by atoms with Crippen LogP contribution in [0, 0.1) is 5.82 Å². The number of amides is 1. The summed E-state index contributed by atoms with van der Waals surface area (Å²) < 4.78 is 13.0. The number of halogens is 1. The van der Waals surface area contributed by atoms with Crippen molar-refractivity contribution in [1.29, 1.82) is 0 Å². The van der Waals surface area contributed by atoms with Crippen LogP contribution >= 0.6 is 23.1 Å². The van der Waals surface area contributed by atoms with Crippen molar-refractivity contribution in [2.75, 3.05) is 12.8 Å². The Labute approximate surface area is 154 Å². The van der Waals surface area contributed by atoms with E-state index in [4.69, 9.17) is 0 Å². The number of carbonyl (C=O) groups is 1. The highest BCUT2D eigenvalue weighted by molar-refractivity contribution is 7.98. The maximum atomic E-state index is 13.0. The molecule has 0 fully saturated rings. The first-order valence-electron chi connectivity index (χ1n) is 7.79. The molecule has 0 aliphatic carbocycles. The van der Waals surface area contributed by atoms with Crippen LogP contribution in [0.3, 0.4) is 0 Å². The monoisotopic (exact) mass is 372 g/mol. The summed E-state index contributed by atoms with van der Waals surface area (Å²) in [6, 6.07) is 13.9. The second-order valence-corrected chi connectivity index (χ2v) is 7.06. The Morgan fingerprint density at radius 1 is 1.20 bits per heavy atom. The smallest absolute Gasteiger partial charge is 0.252 e. The van der Waals surface area contributed by atoms with E-state index < -0.39 is 0 Å². The van der Waals surface area contributed by atoms with Gasteiger partial charge < -0.3 is 5.32 Å². The molecule has 0 radical (unpaired) electrons. The minimum absolute atomic E-state index is 0.0704. The number of thiazole rings is 1. The number of aromatic nitrogens is 1. The van der Waals surface area contributed by atoms with Crippen molar-refractivity contribution < 1.29 is 9.18 Å². The standard InChI is InChI=1S/C19H17FN2OS2/c1-24-17-5-3-2-4-16(17)18(23)21-11-10-15-12-25-19(22-15)13-6-8-14(20)9-7-13/h2-9,12H,10-11H2,1H3,(H,21,23). The number of carbonyl (C=O) groups excluding carboxylic acids is 1. The predicted molar refractivity (Wildman–Crippen MR) is 102 cm³/mol. The molecule has 1 amide bonds. The third kappa shape index (κ3) is 4.46. The molecule has 0 saturated heterocycles. The molecule has 0 bridgehead atoms. The van der Waals surface area contributed by atoms with Crippen molar-refractivity contribution in [3.63, 3.8) is 0 Å². The predicted octanol–water partition coefficient (Wildman–Crippen LogP) is 4.64. The Kier molecular flexibility index (Phi) is 5.83. The molecule has 1 aromatic heterocycles. The number of benzene rings is 2. The van der Waals surface area contributed by atoms with Crippen LogP contribution in [0.1, 0.15) is 16.1 Å². The van der Waals surface area contributed by atoms with Gasteiger partial charge in [0.25, 0.3) is 5.91 Å². The summed E-state index contributed by atoms with van der Waals surface area (Å²) in [6.07, 6.45) is 2.61. The molecule has 0 aliphatic rings. The molecule has 0 unspecified atom stereocenters. The Morgan fingerprint density at radius 2 is 1.96 bits per heavy atom. The van der Waals surface area contributed by atoms with Crippen LogP contribution in [0.4, 0.5) is 4.39 Å². The lowest BCUT2D eigenvalue weighted by atomic mass is 10.2. The summed E-state index contributed by atoms with van der Waals surface area (Å²) in [6.45, 7) is 0.522. The molecular weight excluding hydrogens is 355 g/mol. The van der Waals surface area contributed by atoms with Gasteiger partial charge in [-0.3, -0.25) is 4.79 Å². The normalized spacial score (nSPS) is 10.6. The summed E-state index contributed by atoms with van der Waals surface area (Å²) in [5.41, 5.74) is 2.51. The number of nitrogens with one attached hydrogen (secondary N) is 1. The molecule has 25 heavy (non-hydrogen) atoms. The molecule has 1 N–H and O–H groups in total. The Bertz CT molecular complexity index is 862. The summed E-state index contributed by atoms with van der Waals surface area (Å²) >= 11 is 3.08. The van der Waals surface area contributed by atoms with Gasteiger partial charge in [-0.15, -0.1) is 23.1 Å². The topological polar surface area (TPSA) is 42.0 Å². The highest BCUT2D eigenvalue weighted by atomic mass is 32.2. The molecule has 0 atom stereocenters. The lowest BCUT2D eigenvalue weighted by molar-refractivity contribution is 0.0951. The molecule has 0 saturated carbocycles. The Balaban J connectivity index is 1.57.